The zero-order valence-electron chi connectivity index (χ0n) is 9.07. The first-order chi connectivity index (χ1) is 8.05. The predicted molar refractivity (Wildman–Crippen MR) is 58.1 cm³/mol. The third-order valence-electron chi connectivity index (χ3n) is 3.09. The molecule has 1 aliphatic carbocycles. The first-order valence-corrected chi connectivity index (χ1v) is 5.36. The van der Waals surface area contributed by atoms with E-state index >= 15 is 0 Å². The van der Waals surface area contributed by atoms with Crippen molar-refractivity contribution in [3.8, 4) is 0 Å². The summed E-state index contributed by atoms with van der Waals surface area (Å²) in [6.07, 6.45) is 1.54. The summed E-state index contributed by atoms with van der Waals surface area (Å²) in [6, 6.07) is 5.51. The van der Waals surface area contributed by atoms with Crippen LogP contribution in [0.4, 0.5) is 4.39 Å². The van der Waals surface area contributed by atoms with Crippen LogP contribution in [-0.4, -0.2) is 22.5 Å². The van der Waals surface area contributed by atoms with Gasteiger partial charge >= 0.3 is 5.97 Å². The number of carboxylic acid groups (broad SMARTS) is 1. The molecular weight excluding hydrogens is 225 g/mol. The van der Waals surface area contributed by atoms with E-state index in [0.717, 1.165) is 6.42 Å². The van der Waals surface area contributed by atoms with Crippen LogP contribution < -0.4 is 5.32 Å². The Labute approximate surface area is 97.4 Å². The molecule has 1 aliphatic rings. The quantitative estimate of drug-likeness (QED) is 0.838. The zero-order valence-corrected chi connectivity index (χ0v) is 9.07. The van der Waals surface area contributed by atoms with E-state index in [4.69, 9.17) is 5.11 Å². The van der Waals surface area contributed by atoms with Crippen LogP contribution in [0, 0.1) is 5.82 Å². The van der Waals surface area contributed by atoms with Crippen LogP contribution >= 0.6 is 0 Å². The van der Waals surface area contributed by atoms with Gasteiger partial charge in [0.25, 0.3) is 5.91 Å². The van der Waals surface area contributed by atoms with Crippen LogP contribution in [0.3, 0.4) is 0 Å². The lowest BCUT2D eigenvalue weighted by atomic mass is 9.76. The van der Waals surface area contributed by atoms with Gasteiger partial charge < -0.3 is 10.4 Å². The van der Waals surface area contributed by atoms with E-state index in [1.54, 1.807) is 0 Å². The maximum atomic E-state index is 13.3. The molecule has 0 aliphatic heterocycles. The first kappa shape index (κ1) is 11.6. The maximum Gasteiger partial charge on any atom is 0.329 e. The van der Waals surface area contributed by atoms with Gasteiger partial charge in [-0.1, -0.05) is 12.1 Å². The molecule has 0 saturated heterocycles. The summed E-state index contributed by atoms with van der Waals surface area (Å²) in [5.74, 6) is -2.39. The number of rotatable bonds is 3. The van der Waals surface area contributed by atoms with E-state index in [1.165, 1.54) is 24.3 Å². The van der Waals surface area contributed by atoms with Gasteiger partial charge in [0.05, 0.1) is 5.56 Å². The summed E-state index contributed by atoms with van der Waals surface area (Å²) < 4.78 is 13.3. The minimum atomic E-state index is -1.21. The summed E-state index contributed by atoms with van der Waals surface area (Å²) in [7, 11) is 0. The molecule has 0 unspecified atom stereocenters. The molecule has 0 aromatic heterocycles. The van der Waals surface area contributed by atoms with Crippen LogP contribution in [-0.2, 0) is 4.79 Å². The molecule has 17 heavy (non-hydrogen) atoms. The number of benzene rings is 1. The molecule has 1 saturated carbocycles. The van der Waals surface area contributed by atoms with E-state index < -0.39 is 23.2 Å². The Morgan fingerprint density at radius 3 is 2.41 bits per heavy atom. The predicted octanol–water partition coefficient (Wildman–Crippen LogP) is 1.56. The number of aliphatic carboxylic acids is 1. The van der Waals surface area contributed by atoms with Gasteiger partial charge in [0.15, 0.2) is 0 Å². The summed E-state index contributed by atoms with van der Waals surface area (Å²) in [4.78, 5) is 22.8. The molecule has 90 valence electrons. The lowest BCUT2D eigenvalue weighted by Crippen LogP contribution is -2.59. The fourth-order valence-corrected chi connectivity index (χ4v) is 1.85. The molecule has 5 heteroatoms. The van der Waals surface area contributed by atoms with Crippen molar-refractivity contribution in [1.29, 1.82) is 0 Å². The fourth-order valence-electron chi connectivity index (χ4n) is 1.85. The van der Waals surface area contributed by atoms with Crippen molar-refractivity contribution < 1.29 is 19.1 Å². The van der Waals surface area contributed by atoms with Crippen molar-refractivity contribution in [3.05, 3.63) is 35.6 Å². The van der Waals surface area contributed by atoms with E-state index in [0.29, 0.717) is 12.8 Å². The Morgan fingerprint density at radius 1 is 1.29 bits per heavy atom. The van der Waals surface area contributed by atoms with E-state index in [2.05, 4.69) is 5.32 Å². The standard InChI is InChI=1S/C12H12FNO3/c13-9-5-2-1-4-8(9)10(15)14-12(11(16)17)6-3-7-12/h1-2,4-5H,3,6-7H2,(H,14,15)(H,16,17). The van der Waals surface area contributed by atoms with Crippen LogP contribution in [0.25, 0.3) is 0 Å². The molecule has 0 heterocycles. The maximum absolute atomic E-state index is 13.3. The normalized spacial score (nSPS) is 17.0. The Kier molecular flexibility index (Phi) is 2.83. The third-order valence-corrected chi connectivity index (χ3v) is 3.09. The van der Waals surface area contributed by atoms with Gasteiger partial charge in [-0.25, -0.2) is 9.18 Å². The van der Waals surface area contributed by atoms with Crippen LogP contribution in [0.15, 0.2) is 24.3 Å². The summed E-state index contributed by atoms with van der Waals surface area (Å²) in [5, 5.41) is 11.4. The molecule has 0 atom stereocenters. The monoisotopic (exact) mass is 237 g/mol. The second-order valence-electron chi connectivity index (χ2n) is 4.17. The van der Waals surface area contributed by atoms with Crippen molar-refractivity contribution in [1.82, 2.24) is 5.32 Å². The van der Waals surface area contributed by atoms with Gasteiger partial charge in [0, 0.05) is 0 Å². The first-order valence-electron chi connectivity index (χ1n) is 5.36. The van der Waals surface area contributed by atoms with Gasteiger partial charge in [-0.05, 0) is 31.4 Å². The molecule has 1 amide bonds. The topological polar surface area (TPSA) is 66.4 Å². The molecule has 0 radical (unpaired) electrons. The van der Waals surface area contributed by atoms with Crippen molar-refractivity contribution in [3.63, 3.8) is 0 Å². The van der Waals surface area contributed by atoms with E-state index in [-0.39, 0.29) is 5.56 Å². The van der Waals surface area contributed by atoms with Crippen molar-refractivity contribution in [2.24, 2.45) is 0 Å². The molecule has 1 fully saturated rings. The molecule has 1 aromatic carbocycles. The van der Waals surface area contributed by atoms with Crippen LogP contribution in [0.2, 0.25) is 0 Å². The molecule has 1 aromatic rings. The van der Waals surface area contributed by atoms with E-state index in [9.17, 15) is 14.0 Å². The zero-order chi connectivity index (χ0) is 12.5. The number of hydrogen-bond donors (Lipinski definition) is 2. The highest BCUT2D eigenvalue weighted by Gasteiger charge is 2.45. The Hall–Kier alpha value is -1.91. The van der Waals surface area contributed by atoms with Crippen LogP contribution in [0.1, 0.15) is 29.6 Å². The smallest absolute Gasteiger partial charge is 0.329 e. The summed E-state index contributed by atoms with van der Waals surface area (Å²) in [6.45, 7) is 0. The van der Waals surface area contributed by atoms with Crippen LogP contribution in [0.5, 0.6) is 0 Å². The van der Waals surface area contributed by atoms with Gasteiger partial charge in [-0.15, -0.1) is 0 Å². The third kappa shape index (κ3) is 2.00. The van der Waals surface area contributed by atoms with Crippen molar-refractivity contribution in [2.75, 3.05) is 0 Å². The highest BCUT2D eigenvalue weighted by atomic mass is 19.1. The number of carbonyl (C=O) groups is 2. The average Bonchev–Trinajstić information content (AvgIpc) is 2.23. The number of halogens is 1. The van der Waals surface area contributed by atoms with Crippen molar-refractivity contribution in [2.45, 2.75) is 24.8 Å². The Bertz CT molecular complexity index is 469. The van der Waals surface area contributed by atoms with Gasteiger partial charge in [0.1, 0.15) is 11.4 Å². The minimum Gasteiger partial charge on any atom is -0.480 e. The second kappa shape index (κ2) is 4.16. The molecule has 2 rings (SSSR count). The summed E-state index contributed by atoms with van der Waals surface area (Å²) in [5.41, 5.74) is -1.33. The largest absolute Gasteiger partial charge is 0.480 e. The Morgan fingerprint density at radius 2 is 1.94 bits per heavy atom. The number of nitrogens with one attached hydrogen (secondary N) is 1. The lowest BCUT2D eigenvalue weighted by Gasteiger charge is -2.38. The second-order valence-corrected chi connectivity index (χ2v) is 4.17. The SMILES string of the molecule is O=C(NC1(C(=O)O)CCC1)c1ccccc1F. The Balaban J connectivity index is 2.17. The molecule has 0 bridgehead atoms. The fraction of sp³-hybridized carbons (Fsp3) is 0.333. The van der Waals surface area contributed by atoms with Gasteiger partial charge in [0.2, 0.25) is 0 Å². The molecule has 2 N–H and O–H groups in total. The number of amides is 1. The molecule has 4 nitrogen and oxygen atoms in total. The lowest BCUT2D eigenvalue weighted by molar-refractivity contribution is -0.148. The average molecular weight is 237 g/mol. The minimum absolute atomic E-state index is 0.125. The molecular formula is C12H12FNO3. The van der Waals surface area contributed by atoms with E-state index in [1.807, 2.05) is 0 Å². The highest BCUT2D eigenvalue weighted by Crippen LogP contribution is 2.32. The highest BCUT2D eigenvalue weighted by molar-refractivity contribution is 5.98. The number of carboxylic acids is 1. The van der Waals surface area contributed by atoms with Gasteiger partial charge in [-0.2, -0.15) is 0 Å². The molecule has 0 spiro atoms. The summed E-state index contributed by atoms with van der Waals surface area (Å²) >= 11 is 0. The van der Waals surface area contributed by atoms with Crippen molar-refractivity contribution >= 4 is 11.9 Å². The van der Waals surface area contributed by atoms with Gasteiger partial charge in [-0.3, -0.25) is 4.79 Å². The number of hydrogen-bond acceptors (Lipinski definition) is 2. The number of carbonyl (C=O) groups excluding carboxylic acids is 1.